The van der Waals surface area contributed by atoms with Crippen LogP contribution < -0.4 is 16.0 Å². The molecule has 1 aliphatic rings. The van der Waals surface area contributed by atoms with Crippen LogP contribution in [0.3, 0.4) is 0 Å². The van der Waals surface area contributed by atoms with E-state index < -0.39 is 0 Å². The van der Waals surface area contributed by atoms with Crippen LogP contribution in [0.1, 0.15) is 29.6 Å². The number of hydrogen-bond acceptors (Lipinski definition) is 3. The monoisotopic (exact) mass is 353 g/mol. The molecule has 0 bridgehead atoms. The average Bonchev–Trinajstić information content (AvgIpc) is 2.97. The number of benzene rings is 1. The van der Waals surface area contributed by atoms with Crippen molar-refractivity contribution in [3.8, 4) is 0 Å². The van der Waals surface area contributed by atoms with E-state index >= 15 is 0 Å². The molecule has 1 unspecified atom stereocenters. The number of amides is 2. The lowest BCUT2D eigenvalue weighted by Crippen LogP contribution is -2.37. The molecule has 2 amide bonds. The minimum atomic E-state index is -0.130. The number of halogens is 1. The molecule has 1 atom stereocenters. The molecule has 1 aliphatic heterocycles. The van der Waals surface area contributed by atoms with Crippen molar-refractivity contribution in [2.45, 2.75) is 25.3 Å². The van der Waals surface area contributed by atoms with Gasteiger partial charge < -0.3 is 16.0 Å². The smallest absolute Gasteiger partial charge is 0.251 e. The second kappa shape index (κ2) is 8.14. The van der Waals surface area contributed by atoms with E-state index in [4.69, 9.17) is 0 Å². The number of rotatable bonds is 6. The molecular weight excluding hydrogens is 334 g/mol. The summed E-state index contributed by atoms with van der Waals surface area (Å²) in [6.45, 7) is 1.88. The van der Waals surface area contributed by atoms with Crippen LogP contribution in [0, 0.1) is 0 Å². The highest BCUT2D eigenvalue weighted by Crippen LogP contribution is 2.10. The normalized spacial score (nSPS) is 17.5. The molecule has 5 nitrogen and oxygen atoms in total. The molecule has 0 spiro atoms. The number of nitrogens with one attached hydrogen (secondary N) is 3. The zero-order chi connectivity index (χ0) is 15.1. The first-order chi connectivity index (χ1) is 10.1. The third kappa shape index (κ3) is 5.47. The van der Waals surface area contributed by atoms with Gasteiger partial charge in [-0.3, -0.25) is 9.59 Å². The minimum absolute atomic E-state index is 0.0345. The summed E-state index contributed by atoms with van der Waals surface area (Å²) in [5, 5.41) is 8.89. The van der Waals surface area contributed by atoms with Crippen molar-refractivity contribution in [1.29, 1.82) is 0 Å². The third-order valence-electron chi connectivity index (χ3n) is 3.43. The lowest BCUT2D eigenvalue weighted by Gasteiger charge is -2.11. The van der Waals surface area contributed by atoms with Gasteiger partial charge in [-0.25, -0.2) is 0 Å². The zero-order valence-corrected chi connectivity index (χ0v) is 13.4. The Balaban J connectivity index is 1.61. The summed E-state index contributed by atoms with van der Waals surface area (Å²) in [6.07, 6.45) is 2.72. The minimum Gasteiger partial charge on any atom is -0.354 e. The molecule has 1 aromatic rings. The summed E-state index contributed by atoms with van der Waals surface area (Å²) >= 11 is 3.33. The van der Waals surface area contributed by atoms with E-state index in [1.54, 1.807) is 12.1 Å². The van der Waals surface area contributed by atoms with Crippen molar-refractivity contribution in [1.82, 2.24) is 16.0 Å². The highest BCUT2D eigenvalue weighted by Gasteiger charge is 2.17. The first-order valence-electron chi connectivity index (χ1n) is 7.19. The van der Waals surface area contributed by atoms with Crippen LogP contribution in [-0.2, 0) is 4.79 Å². The molecule has 114 valence electrons. The van der Waals surface area contributed by atoms with Gasteiger partial charge in [-0.2, -0.15) is 0 Å². The first-order valence-corrected chi connectivity index (χ1v) is 7.98. The standard InChI is InChI=1S/C15H20BrN3O2/c16-12-5-3-11(4-6-12)15(21)19-9-8-18-14(20)10-13-2-1-7-17-13/h3-6,13,17H,1-2,7-10H2,(H,18,20)(H,19,21). The summed E-state index contributed by atoms with van der Waals surface area (Å²) in [5.41, 5.74) is 0.611. The van der Waals surface area contributed by atoms with Gasteiger partial charge in [0.25, 0.3) is 5.91 Å². The maximum Gasteiger partial charge on any atom is 0.251 e. The molecule has 1 aromatic carbocycles. The highest BCUT2D eigenvalue weighted by molar-refractivity contribution is 9.10. The molecule has 2 rings (SSSR count). The Morgan fingerprint density at radius 2 is 1.90 bits per heavy atom. The summed E-state index contributed by atoms with van der Waals surface area (Å²) in [5.74, 6) is -0.0958. The van der Waals surface area contributed by atoms with Crippen molar-refractivity contribution in [2.24, 2.45) is 0 Å². The van der Waals surface area contributed by atoms with E-state index in [2.05, 4.69) is 31.9 Å². The van der Waals surface area contributed by atoms with Gasteiger partial charge >= 0.3 is 0 Å². The van der Waals surface area contributed by atoms with Crippen molar-refractivity contribution in [3.63, 3.8) is 0 Å². The van der Waals surface area contributed by atoms with Crippen molar-refractivity contribution in [2.75, 3.05) is 19.6 Å². The first kappa shape index (κ1) is 16.0. The summed E-state index contributed by atoms with van der Waals surface area (Å²) < 4.78 is 0.937. The van der Waals surface area contributed by atoms with Crippen molar-refractivity contribution < 1.29 is 9.59 Å². The Kier molecular flexibility index (Phi) is 6.20. The molecule has 1 fully saturated rings. The van der Waals surface area contributed by atoms with E-state index in [-0.39, 0.29) is 11.8 Å². The summed E-state index contributed by atoms with van der Waals surface area (Å²) in [7, 11) is 0. The lowest BCUT2D eigenvalue weighted by molar-refractivity contribution is -0.121. The van der Waals surface area contributed by atoms with E-state index in [0.717, 1.165) is 23.9 Å². The fourth-order valence-corrected chi connectivity index (χ4v) is 2.57. The quantitative estimate of drug-likeness (QED) is 0.677. The molecule has 0 aliphatic carbocycles. The van der Waals surface area contributed by atoms with Crippen LogP contribution in [0.15, 0.2) is 28.7 Å². The molecule has 1 saturated heterocycles. The van der Waals surface area contributed by atoms with Crippen molar-refractivity contribution >= 4 is 27.7 Å². The molecule has 0 radical (unpaired) electrons. The predicted molar refractivity (Wildman–Crippen MR) is 85.1 cm³/mol. The second-order valence-electron chi connectivity index (χ2n) is 5.11. The number of carbonyl (C=O) groups is 2. The van der Waals surface area contributed by atoms with Crippen LogP contribution in [0.2, 0.25) is 0 Å². The van der Waals surface area contributed by atoms with Gasteiger partial charge in [-0.05, 0) is 43.7 Å². The highest BCUT2D eigenvalue weighted by atomic mass is 79.9. The van der Waals surface area contributed by atoms with E-state index in [1.165, 1.54) is 0 Å². The summed E-state index contributed by atoms with van der Waals surface area (Å²) in [4.78, 5) is 23.5. The fraction of sp³-hybridized carbons (Fsp3) is 0.467. The van der Waals surface area contributed by atoms with E-state index in [0.29, 0.717) is 31.1 Å². The Bertz CT molecular complexity index is 484. The van der Waals surface area contributed by atoms with Gasteiger partial charge in [0, 0.05) is 35.6 Å². The van der Waals surface area contributed by atoms with Crippen molar-refractivity contribution in [3.05, 3.63) is 34.3 Å². The van der Waals surface area contributed by atoms with E-state index in [9.17, 15) is 9.59 Å². The zero-order valence-electron chi connectivity index (χ0n) is 11.8. The molecular formula is C15H20BrN3O2. The second-order valence-corrected chi connectivity index (χ2v) is 6.03. The average molecular weight is 354 g/mol. The topological polar surface area (TPSA) is 70.2 Å². The fourth-order valence-electron chi connectivity index (χ4n) is 2.31. The van der Waals surface area contributed by atoms with Gasteiger partial charge in [0.2, 0.25) is 5.91 Å². The van der Waals surface area contributed by atoms with Gasteiger partial charge in [-0.1, -0.05) is 15.9 Å². The number of carbonyl (C=O) groups excluding carboxylic acids is 2. The van der Waals surface area contributed by atoms with Gasteiger partial charge in [0.05, 0.1) is 0 Å². The molecule has 6 heteroatoms. The Hall–Kier alpha value is -1.40. The molecule has 0 aromatic heterocycles. The van der Waals surface area contributed by atoms with Gasteiger partial charge in [0.1, 0.15) is 0 Å². The molecule has 21 heavy (non-hydrogen) atoms. The molecule has 0 saturated carbocycles. The van der Waals surface area contributed by atoms with Crippen LogP contribution in [-0.4, -0.2) is 37.5 Å². The maximum atomic E-state index is 11.8. The Morgan fingerprint density at radius 1 is 1.19 bits per heavy atom. The predicted octanol–water partition coefficient (Wildman–Crippen LogP) is 1.44. The van der Waals surface area contributed by atoms with Gasteiger partial charge in [-0.15, -0.1) is 0 Å². The number of hydrogen-bond donors (Lipinski definition) is 3. The maximum absolute atomic E-state index is 11.8. The molecule has 3 N–H and O–H groups in total. The summed E-state index contributed by atoms with van der Waals surface area (Å²) in [6, 6.07) is 7.46. The Labute approximate surface area is 133 Å². The Morgan fingerprint density at radius 3 is 2.57 bits per heavy atom. The lowest BCUT2D eigenvalue weighted by atomic mass is 10.1. The SMILES string of the molecule is O=C(CC1CCCN1)NCCNC(=O)c1ccc(Br)cc1. The van der Waals surface area contributed by atoms with Crippen LogP contribution in [0.5, 0.6) is 0 Å². The third-order valence-corrected chi connectivity index (χ3v) is 3.96. The van der Waals surface area contributed by atoms with Crippen LogP contribution >= 0.6 is 15.9 Å². The van der Waals surface area contributed by atoms with Gasteiger partial charge in [0.15, 0.2) is 0 Å². The largest absolute Gasteiger partial charge is 0.354 e. The van der Waals surface area contributed by atoms with E-state index in [1.807, 2.05) is 12.1 Å². The molecule has 1 heterocycles. The van der Waals surface area contributed by atoms with Crippen LogP contribution in [0.4, 0.5) is 0 Å². The van der Waals surface area contributed by atoms with Crippen LogP contribution in [0.25, 0.3) is 0 Å².